The molecular formula is C24H21Cl2FN4O3S. The number of aromatic nitrogens is 2. The molecule has 0 fully saturated rings. The largest absolute Gasteiger partial charge is 0.476 e. The summed E-state index contributed by atoms with van der Waals surface area (Å²) in [5, 5.41) is 16.5. The Hall–Kier alpha value is -3.53. The number of alkyl halides is 1. The summed E-state index contributed by atoms with van der Waals surface area (Å²) in [6.45, 7) is -1.26. The van der Waals surface area contributed by atoms with Gasteiger partial charge in [-0.2, -0.15) is 9.36 Å². The van der Waals surface area contributed by atoms with Gasteiger partial charge in [-0.15, -0.1) is 24.8 Å². The average Bonchev–Trinajstić information content (AvgIpc) is 3.32. The molecule has 2 N–H and O–H groups in total. The highest BCUT2D eigenvalue weighted by Gasteiger charge is 2.37. The average molecular weight is 535 g/mol. The maximum atomic E-state index is 12.4. The predicted molar refractivity (Wildman–Crippen MR) is 138 cm³/mol. The highest BCUT2D eigenvalue weighted by atomic mass is 35.5. The number of benzene rings is 3. The lowest BCUT2D eigenvalue weighted by molar-refractivity contribution is -0.129. The second-order valence-electron chi connectivity index (χ2n) is 6.88. The van der Waals surface area contributed by atoms with E-state index >= 15 is 0 Å². The first-order valence-corrected chi connectivity index (χ1v) is 10.7. The number of hydrogen-bond acceptors (Lipinski definition) is 7. The predicted octanol–water partition coefficient (Wildman–Crippen LogP) is 5.52. The third-order valence-electron chi connectivity index (χ3n) is 4.96. The van der Waals surface area contributed by atoms with Gasteiger partial charge in [0, 0.05) is 11.5 Å². The van der Waals surface area contributed by atoms with Gasteiger partial charge in [-0.05, 0) is 16.7 Å². The van der Waals surface area contributed by atoms with Gasteiger partial charge < -0.3 is 15.3 Å². The van der Waals surface area contributed by atoms with E-state index in [-0.39, 0.29) is 30.6 Å². The second kappa shape index (κ2) is 12.8. The van der Waals surface area contributed by atoms with Gasteiger partial charge in [0.15, 0.2) is 0 Å². The van der Waals surface area contributed by atoms with E-state index in [9.17, 15) is 14.3 Å². The number of oxime groups is 1. The molecule has 0 bridgehead atoms. The van der Waals surface area contributed by atoms with E-state index in [1.807, 2.05) is 91.0 Å². The van der Waals surface area contributed by atoms with Gasteiger partial charge in [-0.25, -0.2) is 9.18 Å². The van der Waals surface area contributed by atoms with Crippen molar-refractivity contribution in [2.45, 2.75) is 5.54 Å². The summed E-state index contributed by atoms with van der Waals surface area (Å²) in [6, 6.07) is 29.6. The maximum absolute atomic E-state index is 12.4. The Bertz CT molecular complexity index is 1150. The quantitative estimate of drug-likeness (QED) is 0.167. The first-order chi connectivity index (χ1) is 16.1. The minimum atomic E-state index is -1.42. The van der Waals surface area contributed by atoms with Gasteiger partial charge in [-0.1, -0.05) is 96.2 Å². The van der Waals surface area contributed by atoms with Crippen LogP contribution in [0.25, 0.3) is 0 Å². The summed E-state index contributed by atoms with van der Waals surface area (Å²) in [6.07, 6.45) is 0. The summed E-state index contributed by atoms with van der Waals surface area (Å²) >= 11 is 0.974. The van der Waals surface area contributed by atoms with E-state index in [1.165, 1.54) is 0 Å². The van der Waals surface area contributed by atoms with Gasteiger partial charge in [0.05, 0.1) is 0 Å². The van der Waals surface area contributed by atoms with E-state index in [4.69, 9.17) is 0 Å². The maximum Gasteiger partial charge on any atom is 0.362 e. The molecule has 0 saturated carbocycles. The van der Waals surface area contributed by atoms with Gasteiger partial charge in [0.1, 0.15) is 5.54 Å². The second-order valence-corrected chi connectivity index (χ2v) is 7.63. The standard InChI is InChI=1S/C24H19FN4O3S.2ClH/c25-16-32-28-20(22(30)31)21-26-23(33-29-21)27-24(17-10-4-1-5-11-17,18-12-6-2-7-13-18)19-14-8-3-9-15-19;;/h1-15H,16H2,(H,30,31)(H,26,27,29);2*1H. The van der Waals surface area contributed by atoms with Crippen LogP contribution in [0.5, 0.6) is 0 Å². The van der Waals surface area contributed by atoms with Crippen LogP contribution in [0.1, 0.15) is 22.5 Å². The molecule has 0 aliphatic rings. The van der Waals surface area contributed by atoms with Crippen LogP contribution < -0.4 is 5.32 Å². The Balaban J connectivity index is 0.00000216. The van der Waals surface area contributed by atoms with Crippen molar-refractivity contribution < 1.29 is 19.1 Å². The van der Waals surface area contributed by atoms with E-state index < -0.39 is 24.1 Å². The van der Waals surface area contributed by atoms with Crippen LogP contribution >= 0.6 is 36.3 Å². The number of anilines is 1. The highest BCUT2D eigenvalue weighted by Crippen LogP contribution is 2.40. The molecule has 0 radical (unpaired) electrons. The molecule has 0 aliphatic heterocycles. The molecule has 0 unspecified atom stereocenters. The van der Waals surface area contributed by atoms with Crippen LogP contribution in [-0.4, -0.2) is 33.0 Å². The zero-order valence-corrected chi connectivity index (χ0v) is 20.5. The fourth-order valence-electron chi connectivity index (χ4n) is 3.58. The smallest absolute Gasteiger partial charge is 0.362 e. The summed E-state index contributed by atoms with van der Waals surface area (Å²) in [5.74, 6) is -1.60. The Morgan fingerprint density at radius 3 is 1.77 bits per heavy atom. The summed E-state index contributed by atoms with van der Waals surface area (Å²) in [7, 11) is 0. The van der Waals surface area contributed by atoms with Crippen molar-refractivity contribution in [3.8, 4) is 0 Å². The van der Waals surface area contributed by atoms with Crippen LogP contribution in [0.3, 0.4) is 0 Å². The van der Waals surface area contributed by atoms with E-state index in [1.54, 1.807) is 0 Å². The third kappa shape index (κ3) is 5.94. The fourth-order valence-corrected chi connectivity index (χ4v) is 4.20. The number of hydrogen-bond donors (Lipinski definition) is 2. The molecule has 1 heterocycles. The van der Waals surface area contributed by atoms with Gasteiger partial charge in [0.25, 0.3) is 6.86 Å². The molecule has 4 rings (SSSR count). The molecule has 0 amide bonds. The molecule has 11 heteroatoms. The van der Waals surface area contributed by atoms with Crippen molar-refractivity contribution >= 4 is 53.2 Å². The van der Waals surface area contributed by atoms with Gasteiger partial charge in [0.2, 0.25) is 16.7 Å². The van der Waals surface area contributed by atoms with E-state index in [2.05, 4.69) is 24.7 Å². The number of rotatable bonds is 9. The number of aliphatic carboxylic acids is 1. The van der Waals surface area contributed by atoms with Crippen molar-refractivity contribution in [3.05, 3.63) is 114 Å². The summed E-state index contributed by atoms with van der Waals surface area (Å²) in [5.41, 5.74) is 1.42. The van der Waals surface area contributed by atoms with Crippen LogP contribution in [-0.2, 0) is 15.2 Å². The van der Waals surface area contributed by atoms with Crippen molar-refractivity contribution in [3.63, 3.8) is 0 Å². The summed E-state index contributed by atoms with van der Waals surface area (Å²) < 4.78 is 16.5. The van der Waals surface area contributed by atoms with Crippen LogP contribution in [0, 0.1) is 0 Å². The molecule has 35 heavy (non-hydrogen) atoms. The number of nitrogens with zero attached hydrogens (tertiary/aromatic N) is 3. The highest BCUT2D eigenvalue weighted by molar-refractivity contribution is 7.09. The lowest BCUT2D eigenvalue weighted by Gasteiger charge is -2.36. The molecule has 0 atom stereocenters. The Kier molecular flexibility index (Phi) is 10.1. The molecule has 4 aromatic rings. The molecule has 0 spiro atoms. The third-order valence-corrected chi connectivity index (χ3v) is 5.59. The molecule has 1 aromatic heterocycles. The van der Waals surface area contributed by atoms with Crippen LogP contribution in [0.15, 0.2) is 96.2 Å². The molecular weight excluding hydrogens is 514 g/mol. The fraction of sp³-hybridized carbons (Fsp3) is 0.0833. The van der Waals surface area contributed by atoms with Crippen molar-refractivity contribution in [2.75, 3.05) is 12.2 Å². The zero-order chi connectivity index (χ0) is 23.1. The number of nitrogens with one attached hydrogen (secondary N) is 1. The number of carbonyl (C=O) groups is 1. The first-order valence-electron chi connectivity index (χ1n) is 9.93. The molecule has 182 valence electrons. The lowest BCUT2D eigenvalue weighted by Crippen LogP contribution is -2.38. The normalized spacial score (nSPS) is 11.1. The minimum absolute atomic E-state index is 0. The number of carboxylic acids is 1. The minimum Gasteiger partial charge on any atom is -0.476 e. The Labute approximate surface area is 217 Å². The first kappa shape index (κ1) is 27.7. The Morgan fingerprint density at radius 2 is 1.37 bits per heavy atom. The van der Waals surface area contributed by atoms with Gasteiger partial charge >= 0.3 is 5.97 Å². The van der Waals surface area contributed by atoms with Crippen LogP contribution in [0.2, 0.25) is 0 Å². The summed E-state index contributed by atoms with van der Waals surface area (Å²) in [4.78, 5) is 20.1. The molecule has 3 aromatic carbocycles. The monoisotopic (exact) mass is 534 g/mol. The molecule has 0 saturated heterocycles. The lowest BCUT2D eigenvalue weighted by atomic mass is 9.77. The van der Waals surface area contributed by atoms with E-state index in [0.717, 1.165) is 28.2 Å². The number of halogens is 3. The van der Waals surface area contributed by atoms with Crippen molar-refractivity contribution in [2.24, 2.45) is 5.16 Å². The topological polar surface area (TPSA) is 96.7 Å². The molecule has 7 nitrogen and oxygen atoms in total. The Morgan fingerprint density at radius 1 is 0.914 bits per heavy atom. The van der Waals surface area contributed by atoms with E-state index in [0.29, 0.717) is 5.13 Å². The van der Waals surface area contributed by atoms with Gasteiger partial charge in [-0.3, -0.25) is 0 Å². The van der Waals surface area contributed by atoms with Crippen molar-refractivity contribution in [1.29, 1.82) is 0 Å². The SMILES string of the molecule is Cl.Cl.O=C(O)C(=NOCF)c1nsc(NC(c2ccccc2)(c2ccccc2)c2ccccc2)n1. The zero-order valence-electron chi connectivity index (χ0n) is 18.1. The molecule has 0 aliphatic carbocycles. The van der Waals surface area contributed by atoms with Crippen molar-refractivity contribution in [1.82, 2.24) is 9.36 Å². The van der Waals surface area contributed by atoms with Crippen LogP contribution in [0.4, 0.5) is 9.52 Å². The number of carboxylic acid groups (broad SMARTS) is 1.